The van der Waals surface area contributed by atoms with E-state index in [1.807, 2.05) is 12.1 Å². The van der Waals surface area contributed by atoms with E-state index < -0.39 is 0 Å². The molecule has 0 bridgehead atoms. The summed E-state index contributed by atoms with van der Waals surface area (Å²) in [4.78, 5) is 0. The second-order valence-corrected chi connectivity index (χ2v) is 10.3. The highest BCUT2D eigenvalue weighted by Gasteiger charge is 2.18. The zero-order valence-electron chi connectivity index (χ0n) is 23.2. The van der Waals surface area contributed by atoms with Gasteiger partial charge in [-0.25, -0.2) is 0 Å². The molecular formula is C32H46N4O2. The Bertz CT molecular complexity index is 1160. The summed E-state index contributed by atoms with van der Waals surface area (Å²) in [6.45, 7) is 6.66. The first-order chi connectivity index (χ1) is 18.3. The van der Waals surface area contributed by atoms with Gasteiger partial charge in [-0.05, 0) is 171 Å². The first kappa shape index (κ1) is 29.7. The average molecular weight is 519 g/mol. The van der Waals surface area contributed by atoms with Crippen molar-refractivity contribution in [1.29, 1.82) is 0 Å². The third-order valence-corrected chi connectivity index (χ3v) is 7.31. The fourth-order valence-electron chi connectivity index (χ4n) is 5.35. The molecule has 0 unspecified atom stereocenters. The van der Waals surface area contributed by atoms with Gasteiger partial charge in [0.25, 0.3) is 0 Å². The third kappa shape index (κ3) is 7.14. The fraction of sp³-hybridized carbons (Fsp3) is 0.438. The molecule has 6 heteroatoms. The van der Waals surface area contributed by atoms with E-state index in [-0.39, 0.29) is 5.75 Å². The Labute approximate surface area is 228 Å². The quantitative estimate of drug-likeness (QED) is 0.184. The van der Waals surface area contributed by atoms with Gasteiger partial charge in [0, 0.05) is 0 Å². The zero-order chi connectivity index (χ0) is 27.7. The first-order valence-electron chi connectivity index (χ1n) is 14.0. The molecule has 0 radical (unpaired) electrons. The number of phenols is 2. The number of hydrogen-bond acceptors (Lipinski definition) is 6. The van der Waals surface area contributed by atoms with Gasteiger partial charge in [-0.2, -0.15) is 0 Å². The lowest BCUT2D eigenvalue weighted by atomic mass is 9.84. The van der Waals surface area contributed by atoms with Crippen LogP contribution in [-0.4, -0.2) is 36.4 Å². The summed E-state index contributed by atoms with van der Waals surface area (Å²) in [6, 6.07) is 12.5. The van der Waals surface area contributed by atoms with Crippen LogP contribution in [0.1, 0.15) is 59.1 Å². The van der Waals surface area contributed by atoms with Crippen LogP contribution in [0.2, 0.25) is 0 Å². The van der Waals surface area contributed by atoms with Crippen molar-refractivity contribution in [2.75, 3.05) is 26.2 Å². The van der Waals surface area contributed by atoms with Gasteiger partial charge >= 0.3 is 0 Å². The van der Waals surface area contributed by atoms with Gasteiger partial charge in [0.2, 0.25) is 0 Å². The molecule has 3 aromatic rings. The summed E-state index contributed by atoms with van der Waals surface area (Å²) in [6.07, 6.45) is 6.45. The normalized spacial score (nSPS) is 11.3. The third-order valence-electron chi connectivity index (χ3n) is 7.31. The van der Waals surface area contributed by atoms with Gasteiger partial charge < -0.3 is 33.1 Å². The number of aromatic hydroxyl groups is 2. The molecule has 3 rings (SSSR count). The second-order valence-electron chi connectivity index (χ2n) is 10.3. The Balaban J connectivity index is 2.16. The topological polar surface area (TPSA) is 145 Å². The minimum absolute atomic E-state index is 0.290. The van der Waals surface area contributed by atoms with Crippen LogP contribution >= 0.6 is 0 Å². The van der Waals surface area contributed by atoms with Crippen LogP contribution in [0.15, 0.2) is 36.4 Å². The number of nitrogens with two attached hydrogens (primary N) is 4. The smallest absolute Gasteiger partial charge is 0.121 e. The van der Waals surface area contributed by atoms with Crippen molar-refractivity contribution in [3.8, 4) is 33.8 Å². The van der Waals surface area contributed by atoms with E-state index in [2.05, 4.69) is 38.1 Å². The maximum absolute atomic E-state index is 10.9. The minimum atomic E-state index is 0.290. The van der Waals surface area contributed by atoms with Crippen molar-refractivity contribution in [3.05, 3.63) is 69.8 Å². The molecule has 206 valence electrons. The molecule has 0 amide bonds. The number of benzene rings is 3. The molecule has 10 N–H and O–H groups in total. The van der Waals surface area contributed by atoms with E-state index in [0.717, 1.165) is 90.3 Å². The molecule has 0 atom stereocenters. The van der Waals surface area contributed by atoms with E-state index in [4.69, 9.17) is 22.9 Å². The monoisotopic (exact) mass is 518 g/mol. The van der Waals surface area contributed by atoms with Crippen LogP contribution in [0.5, 0.6) is 11.5 Å². The lowest BCUT2D eigenvalue weighted by molar-refractivity contribution is 0.459. The maximum atomic E-state index is 10.9. The molecule has 0 aliphatic carbocycles. The summed E-state index contributed by atoms with van der Waals surface area (Å²) in [5.74, 6) is 0.665. The first-order valence-corrected chi connectivity index (χ1v) is 14.0. The van der Waals surface area contributed by atoms with Gasteiger partial charge in [-0.15, -0.1) is 0 Å². The molecule has 6 nitrogen and oxygen atoms in total. The summed E-state index contributed by atoms with van der Waals surface area (Å²) < 4.78 is 0. The molecule has 0 saturated carbocycles. The summed E-state index contributed by atoms with van der Waals surface area (Å²) in [7, 11) is 0. The molecule has 3 aromatic carbocycles. The molecule has 0 aliphatic heterocycles. The lowest BCUT2D eigenvalue weighted by Crippen LogP contribution is -2.06. The molecule has 0 aliphatic rings. The standard InChI is InChI=1S/C32H46N4O2/c1-21-16-30(31-23(7-3-11-33)19-28(37)20-24(31)8-4-12-34)22(2)15-29(21)27-17-25(9-5-13-35)32(38)26(18-27)10-6-14-36/h15-20,37-38H,3-14,33-36H2,1-2H3. The molecule has 0 aromatic heterocycles. The van der Waals surface area contributed by atoms with Crippen LogP contribution in [0.25, 0.3) is 22.3 Å². The Hall–Kier alpha value is -2.90. The van der Waals surface area contributed by atoms with E-state index in [1.165, 1.54) is 16.7 Å². The Morgan fingerprint density at radius 2 is 0.921 bits per heavy atom. The number of aryl methyl sites for hydroxylation is 6. The van der Waals surface area contributed by atoms with Gasteiger partial charge in [-0.1, -0.05) is 12.1 Å². The zero-order valence-corrected chi connectivity index (χ0v) is 23.2. The van der Waals surface area contributed by atoms with Gasteiger partial charge in [-0.3, -0.25) is 0 Å². The van der Waals surface area contributed by atoms with Crippen molar-refractivity contribution in [1.82, 2.24) is 0 Å². The average Bonchev–Trinajstić information content (AvgIpc) is 2.90. The summed E-state index contributed by atoms with van der Waals surface area (Å²) >= 11 is 0. The Morgan fingerprint density at radius 1 is 0.526 bits per heavy atom. The largest absolute Gasteiger partial charge is 0.508 e. The minimum Gasteiger partial charge on any atom is -0.508 e. The maximum Gasteiger partial charge on any atom is 0.121 e. The van der Waals surface area contributed by atoms with Crippen LogP contribution in [0.4, 0.5) is 0 Å². The molecular weight excluding hydrogens is 472 g/mol. The van der Waals surface area contributed by atoms with E-state index in [1.54, 1.807) is 0 Å². The number of hydrogen-bond donors (Lipinski definition) is 6. The Morgan fingerprint density at radius 3 is 1.37 bits per heavy atom. The van der Waals surface area contributed by atoms with Crippen molar-refractivity contribution in [2.45, 2.75) is 65.2 Å². The number of phenolic OH excluding ortho intramolecular Hbond substituents is 2. The van der Waals surface area contributed by atoms with Crippen LogP contribution < -0.4 is 22.9 Å². The lowest BCUT2D eigenvalue weighted by Gasteiger charge is -2.21. The highest BCUT2D eigenvalue weighted by atomic mass is 16.3. The van der Waals surface area contributed by atoms with Crippen molar-refractivity contribution < 1.29 is 10.2 Å². The SMILES string of the molecule is Cc1cc(-c2c(CCCN)cc(O)cc2CCCN)c(C)cc1-c1cc(CCCN)c(O)c(CCCN)c1. The van der Waals surface area contributed by atoms with Crippen molar-refractivity contribution in [3.63, 3.8) is 0 Å². The van der Waals surface area contributed by atoms with Crippen LogP contribution in [0, 0.1) is 13.8 Å². The highest BCUT2D eigenvalue weighted by Crippen LogP contribution is 2.39. The van der Waals surface area contributed by atoms with E-state index in [0.29, 0.717) is 31.9 Å². The van der Waals surface area contributed by atoms with Crippen molar-refractivity contribution in [2.24, 2.45) is 22.9 Å². The molecule has 0 saturated heterocycles. The second kappa shape index (κ2) is 14.3. The highest BCUT2D eigenvalue weighted by molar-refractivity contribution is 5.81. The predicted molar refractivity (Wildman–Crippen MR) is 160 cm³/mol. The van der Waals surface area contributed by atoms with Gasteiger partial charge in [0.05, 0.1) is 0 Å². The van der Waals surface area contributed by atoms with E-state index in [9.17, 15) is 10.2 Å². The number of rotatable bonds is 14. The molecule has 0 spiro atoms. The van der Waals surface area contributed by atoms with Crippen molar-refractivity contribution >= 4 is 0 Å². The summed E-state index contributed by atoms with van der Waals surface area (Å²) in [5.41, 5.74) is 34.3. The molecule has 0 heterocycles. The molecule has 0 fully saturated rings. The van der Waals surface area contributed by atoms with Gasteiger partial charge in [0.15, 0.2) is 0 Å². The van der Waals surface area contributed by atoms with E-state index >= 15 is 0 Å². The fourth-order valence-corrected chi connectivity index (χ4v) is 5.35. The Kier molecular flexibility index (Phi) is 11.2. The van der Waals surface area contributed by atoms with Crippen LogP contribution in [0.3, 0.4) is 0 Å². The van der Waals surface area contributed by atoms with Crippen LogP contribution in [-0.2, 0) is 25.7 Å². The summed E-state index contributed by atoms with van der Waals surface area (Å²) in [5, 5.41) is 21.4. The van der Waals surface area contributed by atoms with Gasteiger partial charge in [0.1, 0.15) is 11.5 Å². The molecule has 38 heavy (non-hydrogen) atoms. The predicted octanol–water partition coefficient (Wildman–Crippen LogP) is 4.61.